The zero-order valence-electron chi connectivity index (χ0n) is 20.7. The van der Waals surface area contributed by atoms with Crippen molar-refractivity contribution in [3.8, 4) is 0 Å². The number of hydrogen-bond donors (Lipinski definition) is 2. The van der Waals surface area contributed by atoms with Crippen LogP contribution in [-0.2, 0) is 14.3 Å². The molecule has 2 amide bonds. The third kappa shape index (κ3) is 6.24. The van der Waals surface area contributed by atoms with Crippen LogP contribution in [0.2, 0.25) is 10.2 Å². The zero-order valence-corrected chi connectivity index (χ0v) is 22.2. The molecule has 0 spiro atoms. The Morgan fingerprint density at radius 2 is 1.78 bits per heavy atom. The fourth-order valence-corrected chi connectivity index (χ4v) is 5.46. The molecule has 1 aliphatic carbocycles. The SMILES string of the molecule is CNc1nc(Cl)c(Cl)c(N2CCN(CCC3CCC(OC(=O)N4CCOCC4)(C(N)=O)CC3)CC2)n1. The average Bonchev–Trinajstić information content (AvgIpc) is 2.90. The molecule has 3 fully saturated rings. The Labute approximate surface area is 221 Å². The molecule has 0 aromatic carbocycles. The monoisotopic (exact) mass is 543 g/mol. The maximum Gasteiger partial charge on any atom is 0.410 e. The van der Waals surface area contributed by atoms with Crippen molar-refractivity contribution in [1.82, 2.24) is 19.8 Å². The molecule has 1 saturated carbocycles. The standard InChI is InChI=1S/C23H35Cl2N7O4/c1-27-21-28-18(25)17(24)19(29-21)31-10-8-30(9-11-31)7-4-16-2-5-23(6-3-16,20(26)33)36-22(34)32-12-14-35-15-13-32/h16H,2-15H2,1H3,(H2,26,33)(H,27,28,29). The molecular weight excluding hydrogens is 509 g/mol. The van der Waals surface area contributed by atoms with E-state index in [-0.39, 0.29) is 5.15 Å². The van der Waals surface area contributed by atoms with Crippen LogP contribution in [0.1, 0.15) is 32.1 Å². The van der Waals surface area contributed by atoms with Crippen molar-refractivity contribution >= 4 is 47.0 Å². The maximum atomic E-state index is 12.6. The number of aromatic nitrogens is 2. The lowest BCUT2D eigenvalue weighted by Crippen LogP contribution is -2.53. The van der Waals surface area contributed by atoms with Crippen LogP contribution >= 0.6 is 23.2 Å². The van der Waals surface area contributed by atoms with Crippen molar-refractivity contribution in [3.63, 3.8) is 0 Å². The Bertz CT molecular complexity index is 931. The number of carbonyl (C=O) groups excluding carboxylic acids is 2. The molecule has 1 aromatic heterocycles. The van der Waals surface area contributed by atoms with E-state index in [2.05, 4.69) is 25.1 Å². The largest absolute Gasteiger partial charge is 0.433 e. The Morgan fingerprint density at radius 3 is 2.39 bits per heavy atom. The topological polar surface area (TPSA) is 126 Å². The third-order valence-electron chi connectivity index (χ3n) is 7.46. The highest BCUT2D eigenvalue weighted by Crippen LogP contribution is 2.37. The van der Waals surface area contributed by atoms with E-state index in [1.165, 1.54) is 0 Å². The fraction of sp³-hybridized carbons (Fsp3) is 0.739. The second-order valence-electron chi connectivity index (χ2n) is 9.61. The molecule has 0 bridgehead atoms. The molecule has 11 nitrogen and oxygen atoms in total. The summed E-state index contributed by atoms with van der Waals surface area (Å²) in [7, 11) is 1.74. The molecule has 3 N–H and O–H groups in total. The smallest absolute Gasteiger partial charge is 0.410 e. The van der Waals surface area contributed by atoms with Crippen LogP contribution in [0.5, 0.6) is 0 Å². The highest BCUT2D eigenvalue weighted by atomic mass is 35.5. The van der Waals surface area contributed by atoms with Gasteiger partial charge in [-0.1, -0.05) is 23.2 Å². The lowest BCUT2D eigenvalue weighted by atomic mass is 9.77. The highest BCUT2D eigenvalue weighted by molar-refractivity contribution is 6.42. The number of nitrogens with zero attached hydrogens (tertiary/aromatic N) is 5. The summed E-state index contributed by atoms with van der Waals surface area (Å²) in [5.74, 6) is 1.01. The van der Waals surface area contributed by atoms with Gasteiger partial charge in [-0.05, 0) is 44.6 Å². The van der Waals surface area contributed by atoms with Gasteiger partial charge >= 0.3 is 6.09 Å². The molecule has 200 valence electrons. The number of morpholine rings is 1. The lowest BCUT2D eigenvalue weighted by Gasteiger charge is -2.40. The highest BCUT2D eigenvalue weighted by Gasteiger charge is 2.45. The minimum Gasteiger partial charge on any atom is -0.433 e. The van der Waals surface area contributed by atoms with Crippen molar-refractivity contribution in [2.75, 3.05) is 76.3 Å². The second kappa shape index (κ2) is 12.0. The van der Waals surface area contributed by atoms with Crippen LogP contribution in [0, 0.1) is 5.92 Å². The molecule has 3 aliphatic rings. The van der Waals surface area contributed by atoms with Gasteiger partial charge in [-0.15, -0.1) is 0 Å². The quantitative estimate of drug-likeness (QED) is 0.497. The molecule has 2 aliphatic heterocycles. The number of piperazine rings is 1. The molecule has 2 saturated heterocycles. The minimum atomic E-state index is -1.21. The Kier molecular flexibility index (Phi) is 8.97. The minimum absolute atomic E-state index is 0.244. The molecule has 13 heteroatoms. The molecule has 0 atom stereocenters. The number of rotatable bonds is 7. The summed E-state index contributed by atoms with van der Waals surface area (Å²) >= 11 is 12.5. The molecule has 4 rings (SSSR count). The fourth-order valence-electron chi connectivity index (χ4n) is 5.09. The zero-order chi connectivity index (χ0) is 25.7. The normalized spacial score (nSPS) is 25.5. The van der Waals surface area contributed by atoms with Gasteiger partial charge < -0.3 is 30.3 Å². The third-order valence-corrected chi connectivity index (χ3v) is 8.17. The Morgan fingerprint density at radius 1 is 1.11 bits per heavy atom. The van der Waals surface area contributed by atoms with Crippen LogP contribution in [0.25, 0.3) is 0 Å². The van der Waals surface area contributed by atoms with Crippen LogP contribution in [0.3, 0.4) is 0 Å². The van der Waals surface area contributed by atoms with Gasteiger partial charge in [0.1, 0.15) is 5.02 Å². The summed E-state index contributed by atoms with van der Waals surface area (Å²) in [6.07, 6.45) is 3.11. The molecule has 3 heterocycles. The molecular formula is C23H35Cl2N7O4. The molecule has 36 heavy (non-hydrogen) atoms. The predicted molar refractivity (Wildman–Crippen MR) is 138 cm³/mol. The van der Waals surface area contributed by atoms with Gasteiger partial charge in [0.2, 0.25) is 5.95 Å². The van der Waals surface area contributed by atoms with Crippen LogP contribution in [0.4, 0.5) is 16.6 Å². The molecule has 0 unspecified atom stereocenters. The number of nitrogens with two attached hydrogens (primary N) is 1. The van der Waals surface area contributed by atoms with E-state index in [4.69, 9.17) is 38.4 Å². The number of amides is 2. The number of ether oxygens (including phenoxy) is 2. The summed E-state index contributed by atoms with van der Waals surface area (Å²) in [6, 6.07) is 0. The van der Waals surface area contributed by atoms with Gasteiger partial charge in [0.05, 0.1) is 13.2 Å². The van der Waals surface area contributed by atoms with Crippen LogP contribution in [-0.4, -0.2) is 103 Å². The number of halogens is 2. The summed E-state index contributed by atoms with van der Waals surface area (Å²) < 4.78 is 11.0. The Hall–Kier alpha value is -2.08. The van der Waals surface area contributed by atoms with Gasteiger partial charge in [-0.2, -0.15) is 9.97 Å². The number of nitrogens with one attached hydrogen (secondary N) is 1. The number of anilines is 2. The van der Waals surface area contributed by atoms with E-state index >= 15 is 0 Å². The van der Waals surface area contributed by atoms with E-state index in [0.717, 1.165) is 52.0 Å². The van der Waals surface area contributed by atoms with Crippen molar-refractivity contribution in [1.29, 1.82) is 0 Å². The molecule has 0 radical (unpaired) electrons. The summed E-state index contributed by atoms with van der Waals surface area (Å²) in [5.41, 5.74) is 4.51. The van der Waals surface area contributed by atoms with Crippen molar-refractivity contribution in [2.24, 2.45) is 11.7 Å². The van der Waals surface area contributed by atoms with E-state index in [9.17, 15) is 9.59 Å². The van der Waals surface area contributed by atoms with Crippen molar-refractivity contribution in [3.05, 3.63) is 10.2 Å². The maximum absolute atomic E-state index is 12.6. The number of primary amides is 1. The van der Waals surface area contributed by atoms with Gasteiger partial charge in [0.15, 0.2) is 16.6 Å². The van der Waals surface area contributed by atoms with E-state index in [1.54, 1.807) is 11.9 Å². The Balaban J connectivity index is 1.23. The van der Waals surface area contributed by atoms with E-state index < -0.39 is 17.6 Å². The summed E-state index contributed by atoms with van der Waals surface area (Å²) in [5, 5.41) is 3.53. The van der Waals surface area contributed by atoms with Gasteiger partial charge in [-0.25, -0.2) is 4.79 Å². The van der Waals surface area contributed by atoms with Crippen LogP contribution < -0.4 is 16.0 Å². The van der Waals surface area contributed by atoms with Crippen molar-refractivity contribution in [2.45, 2.75) is 37.7 Å². The van der Waals surface area contributed by atoms with E-state index in [1.807, 2.05) is 0 Å². The summed E-state index contributed by atoms with van der Waals surface area (Å²) in [6.45, 7) is 6.23. The number of hydrogen-bond acceptors (Lipinski definition) is 9. The van der Waals surface area contributed by atoms with E-state index in [0.29, 0.717) is 61.9 Å². The van der Waals surface area contributed by atoms with Gasteiger partial charge in [0.25, 0.3) is 5.91 Å². The average molecular weight is 544 g/mol. The van der Waals surface area contributed by atoms with Gasteiger partial charge in [0, 0.05) is 46.3 Å². The number of carbonyl (C=O) groups is 2. The second-order valence-corrected chi connectivity index (χ2v) is 10.3. The first kappa shape index (κ1) is 27.0. The van der Waals surface area contributed by atoms with Gasteiger partial charge in [-0.3, -0.25) is 9.69 Å². The van der Waals surface area contributed by atoms with Crippen LogP contribution in [0.15, 0.2) is 0 Å². The summed E-state index contributed by atoms with van der Waals surface area (Å²) in [4.78, 5) is 39.6. The predicted octanol–water partition coefficient (Wildman–Crippen LogP) is 2.22. The first-order valence-electron chi connectivity index (χ1n) is 12.5. The first-order chi connectivity index (χ1) is 17.3. The lowest BCUT2D eigenvalue weighted by molar-refractivity contribution is -0.143. The van der Waals surface area contributed by atoms with Crippen molar-refractivity contribution < 1.29 is 19.1 Å². The first-order valence-corrected chi connectivity index (χ1v) is 13.3. The molecule has 1 aromatic rings.